The molecule has 128 valence electrons. The van der Waals surface area contributed by atoms with Gasteiger partial charge in [0.1, 0.15) is 5.75 Å². The number of likely N-dealkylation sites (tertiary alicyclic amines) is 1. The van der Waals surface area contributed by atoms with Crippen LogP contribution in [0.4, 0.5) is 13.2 Å². The third-order valence-corrected chi connectivity index (χ3v) is 3.89. The van der Waals surface area contributed by atoms with E-state index in [0.29, 0.717) is 30.9 Å². The summed E-state index contributed by atoms with van der Waals surface area (Å²) in [6, 6.07) is 6.77. The number of nitrogens with zero attached hydrogens (tertiary/aromatic N) is 1. The highest BCUT2D eigenvalue weighted by Crippen LogP contribution is 2.22. The number of alkyl halides is 3. The first kappa shape index (κ1) is 17.6. The number of piperidine rings is 1. The van der Waals surface area contributed by atoms with Gasteiger partial charge in [0.05, 0.1) is 13.7 Å². The zero-order valence-electron chi connectivity index (χ0n) is 13.0. The molecule has 1 N–H and O–H groups in total. The molecule has 2 rings (SSSR count). The second-order valence-electron chi connectivity index (χ2n) is 5.80. The van der Waals surface area contributed by atoms with Crippen molar-refractivity contribution < 1.29 is 22.7 Å². The lowest BCUT2D eigenvalue weighted by Crippen LogP contribution is -2.44. The average Bonchev–Trinajstić information content (AvgIpc) is 2.51. The lowest BCUT2D eigenvalue weighted by atomic mass is 9.98. The molecule has 1 aliphatic heterocycles. The number of hydrogen-bond donors (Lipinski definition) is 1. The van der Waals surface area contributed by atoms with Crippen molar-refractivity contribution in [2.45, 2.75) is 19.0 Å². The SMILES string of the molecule is COc1cccc(C(=O)NC[C@H]2CCCN(CC(F)(F)F)C2)c1. The summed E-state index contributed by atoms with van der Waals surface area (Å²) in [5.74, 6) is 0.393. The van der Waals surface area contributed by atoms with Gasteiger partial charge in [-0.3, -0.25) is 9.69 Å². The molecule has 1 saturated heterocycles. The molecule has 1 aromatic carbocycles. The third kappa shape index (κ3) is 5.74. The van der Waals surface area contributed by atoms with Crippen LogP contribution in [-0.4, -0.2) is 50.3 Å². The molecule has 0 aliphatic carbocycles. The van der Waals surface area contributed by atoms with Crippen LogP contribution in [0.5, 0.6) is 5.75 Å². The number of rotatable bonds is 5. The highest BCUT2D eigenvalue weighted by Gasteiger charge is 2.33. The Kier molecular flexibility index (Phi) is 5.87. The lowest BCUT2D eigenvalue weighted by molar-refractivity contribution is -0.149. The maximum atomic E-state index is 12.5. The molecule has 0 unspecified atom stereocenters. The second kappa shape index (κ2) is 7.68. The van der Waals surface area contributed by atoms with Crippen molar-refractivity contribution in [3.8, 4) is 5.75 Å². The van der Waals surface area contributed by atoms with Crippen LogP contribution in [0, 0.1) is 5.92 Å². The summed E-state index contributed by atoms with van der Waals surface area (Å²) in [7, 11) is 1.52. The molecule has 0 aromatic heterocycles. The van der Waals surface area contributed by atoms with Crippen molar-refractivity contribution in [2.24, 2.45) is 5.92 Å². The van der Waals surface area contributed by atoms with E-state index in [4.69, 9.17) is 4.74 Å². The number of carbonyl (C=O) groups is 1. The minimum Gasteiger partial charge on any atom is -0.497 e. The van der Waals surface area contributed by atoms with E-state index in [-0.39, 0.29) is 11.8 Å². The number of halogens is 3. The van der Waals surface area contributed by atoms with Crippen LogP contribution in [0.2, 0.25) is 0 Å². The first-order valence-electron chi connectivity index (χ1n) is 7.59. The molecular formula is C16H21F3N2O2. The molecule has 0 radical (unpaired) electrons. The van der Waals surface area contributed by atoms with E-state index >= 15 is 0 Å². The Morgan fingerprint density at radius 3 is 2.91 bits per heavy atom. The molecular weight excluding hydrogens is 309 g/mol. The number of carbonyl (C=O) groups excluding carboxylic acids is 1. The molecule has 0 bridgehead atoms. The fraction of sp³-hybridized carbons (Fsp3) is 0.562. The molecule has 1 atom stereocenters. The molecule has 1 aliphatic rings. The van der Waals surface area contributed by atoms with Gasteiger partial charge in [-0.2, -0.15) is 13.2 Å². The van der Waals surface area contributed by atoms with Crippen LogP contribution < -0.4 is 10.1 Å². The number of methoxy groups -OCH3 is 1. The van der Waals surface area contributed by atoms with Gasteiger partial charge in [0.25, 0.3) is 5.91 Å². The Morgan fingerprint density at radius 1 is 1.43 bits per heavy atom. The maximum Gasteiger partial charge on any atom is 0.401 e. The van der Waals surface area contributed by atoms with E-state index in [1.54, 1.807) is 24.3 Å². The Morgan fingerprint density at radius 2 is 2.22 bits per heavy atom. The topological polar surface area (TPSA) is 41.6 Å². The first-order valence-corrected chi connectivity index (χ1v) is 7.59. The van der Waals surface area contributed by atoms with E-state index in [0.717, 1.165) is 12.8 Å². The van der Waals surface area contributed by atoms with E-state index in [1.807, 2.05) is 0 Å². The Hall–Kier alpha value is -1.76. The Balaban J connectivity index is 1.83. The predicted molar refractivity (Wildman–Crippen MR) is 80.5 cm³/mol. The molecule has 4 nitrogen and oxygen atoms in total. The molecule has 23 heavy (non-hydrogen) atoms. The number of amides is 1. The van der Waals surface area contributed by atoms with Crippen molar-refractivity contribution >= 4 is 5.91 Å². The van der Waals surface area contributed by atoms with Crippen LogP contribution in [0.3, 0.4) is 0 Å². The standard InChI is InChI=1S/C16H21F3N2O2/c1-23-14-6-2-5-13(8-14)15(22)20-9-12-4-3-7-21(10-12)11-16(17,18)19/h2,5-6,8,12H,3-4,7,9-11H2,1H3,(H,20,22)/t12-/m1/s1. The van der Waals surface area contributed by atoms with Gasteiger partial charge in [0.15, 0.2) is 0 Å². The van der Waals surface area contributed by atoms with Crippen LogP contribution >= 0.6 is 0 Å². The summed E-state index contributed by atoms with van der Waals surface area (Å²) in [6.07, 6.45) is -2.63. The molecule has 1 aromatic rings. The molecule has 1 fully saturated rings. The Labute approximate surface area is 133 Å². The zero-order valence-corrected chi connectivity index (χ0v) is 13.0. The van der Waals surface area contributed by atoms with Crippen LogP contribution in [0.1, 0.15) is 23.2 Å². The molecule has 0 spiro atoms. The van der Waals surface area contributed by atoms with Crippen molar-refractivity contribution in [1.29, 1.82) is 0 Å². The summed E-state index contributed by atoms with van der Waals surface area (Å²) in [5, 5.41) is 2.80. The zero-order chi connectivity index (χ0) is 16.9. The van der Waals surface area contributed by atoms with Gasteiger partial charge < -0.3 is 10.1 Å². The van der Waals surface area contributed by atoms with Crippen molar-refractivity contribution in [1.82, 2.24) is 10.2 Å². The maximum absolute atomic E-state index is 12.5. The third-order valence-electron chi connectivity index (χ3n) is 3.89. The molecule has 1 amide bonds. The summed E-state index contributed by atoms with van der Waals surface area (Å²) in [6.45, 7) is 0.315. The number of ether oxygens (including phenoxy) is 1. The minimum absolute atomic E-state index is 0.0423. The summed E-state index contributed by atoms with van der Waals surface area (Å²) < 4.78 is 42.4. The first-order chi connectivity index (χ1) is 10.9. The van der Waals surface area contributed by atoms with E-state index in [9.17, 15) is 18.0 Å². The highest BCUT2D eigenvalue weighted by atomic mass is 19.4. The largest absolute Gasteiger partial charge is 0.497 e. The minimum atomic E-state index is -4.17. The van der Waals surface area contributed by atoms with Crippen molar-refractivity contribution in [3.05, 3.63) is 29.8 Å². The van der Waals surface area contributed by atoms with Gasteiger partial charge >= 0.3 is 6.18 Å². The summed E-state index contributed by atoms with van der Waals surface area (Å²) in [4.78, 5) is 13.5. The fourth-order valence-electron chi connectivity index (χ4n) is 2.82. The second-order valence-corrected chi connectivity index (χ2v) is 5.80. The van der Waals surface area contributed by atoms with Gasteiger partial charge in [-0.1, -0.05) is 6.07 Å². The van der Waals surface area contributed by atoms with Gasteiger partial charge in [0, 0.05) is 18.7 Å². The van der Waals surface area contributed by atoms with Crippen molar-refractivity contribution in [3.63, 3.8) is 0 Å². The van der Waals surface area contributed by atoms with Gasteiger partial charge in [-0.05, 0) is 43.5 Å². The molecule has 0 saturated carbocycles. The number of benzene rings is 1. The monoisotopic (exact) mass is 330 g/mol. The molecule has 1 heterocycles. The summed E-state index contributed by atoms with van der Waals surface area (Å²) in [5.41, 5.74) is 0.479. The van der Waals surface area contributed by atoms with E-state index in [2.05, 4.69) is 5.32 Å². The van der Waals surface area contributed by atoms with Crippen molar-refractivity contribution in [2.75, 3.05) is 33.3 Å². The van der Waals surface area contributed by atoms with Gasteiger partial charge in [-0.25, -0.2) is 0 Å². The Bertz CT molecular complexity index is 534. The van der Waals surface area contributed by atoms with E-state index < -0.39 is 12.7 Å². The quantitative estimate of drug-likeness (QED) is 0.902. The van der Waals surface area contributed by atoms with Gasteiger partial charge in [0.2, 0.25) is 0 Å². The summed E-state index contributed by atoms with van der Waals surface area (Å²) >= 11 is 0. The lowest BCUT2D eigenvalue weighted by Gasteiger charge is -2.33. The predicted octanol–water partition coefficient (Wildman–Crippen LogP) is 2.70. The van der Waals surface area contributed by atoms with E-state index in [1.165, 1.54) is 12.0 Å². The molecule has 7 heteroatoms. The van der Waals surface area contributed by atoms with Crippen LogP contribution in [-0.2, 0) is 0 Å². The highest BCUT2D eigenvalue weighted by molar-refractivity contribution is 5.94. The fourth-order valence-corrected chi connectivity index (χ4v) is 2.82. The van der Waals surface area contributed by atoms with Crippen LogP contribution in [0.25, 0.3) is 0 Å². The smallest absolute Gasteiger partial charge is 0.401 e. The van der Waals surface area contributed by atoms with Crippen LogP contribution in [0.15, 0.2) is 24.3 Å². The normalized spacial score (nSPS) is 19.4. The van der Waals surface area contributed by atoms with Gasteiger partial charge in [-0.15, -0.1) is 0 Å². The number of hydrogen-bond acceptors (Lipinski definition) is 3. The average molecular weight is 330 g/mol. The number of nitrogens with one attached hydrogen (secondary N) is 1.